The monoisotopic (exact) mass is 201 g/mol. The lowest BCUT2D eigenvalue weighted by molar-refractivity contribution is -0.163. The Morgan fingerprint density at radius 1 is 1.21 bits per heavy atom. The van der Waals surface area contributed by atoms with Gasteiger partial charge in [0.2, 0.25) is 0 Å². The molecule has 0 heterocycles. The Morgan fingerprint density at radius 3 is 1.93 bits per heavy atom. The zero-order valence-electron chi connectivity index (χ0n) is 9.46. The molecule has 1 unspecified atom stereocenters. The number of carbonyl (C=O) groups excluding carboxylic acids is 2. The van der Waals surface area contributed by atoms with E-state index in [-0.39, 0.29) is 5.92 Å². The Balaban J connectivity index is 4.35. The highest BCUT2D eigenvalue weighted by molar-refractivity contribution is 6.35. The van der Waals surface area contributed by atoms with Crippen LogP contribution in [0.1, 0.15) is 34.6 Å². The van der Waals surface area contributed by atoms with Crippen molar-refractivity contribution in [2.24, 2.45) is 11.7 Å². The van der Waals surface area contributed by atoms with E-state index in [1.165, 1.54) is 0 Å². The average molecular weight is 201 g/mol. The van der Waals surface area contributed by atoms with Gasteiger partial charge in [-0.1, -0.05) is 13.8 Å². The average Bonchev–Trinajstić information content (AvgIpc) is 1.98. The van der Waals surface area contributed by atoms with Gasteiger partial charge in [-0.25, -0.2) is 4.79 Å². The van der Waals surface area contributed by atoms with Gasteiger partial charge in [0.15, 0.2) is 0 Å². The second-order valence-corrected chi connectivity index (χ2v) is 4.64. The number of nitrogens with two attached hydrogens (primary N) is 1. The fourth-order valence-corrected chi connectivity index (χ4v) is 0.767. The lowest BCUT2D eigenvalue weighted by Gasteiger charge is -2.21. The summed E-state index contributed by atoms with van der Waals surface area (Å²) in [6.45, 7) is 8.69. The lowest BCUT2D eigenvalue weighted by Crippen LogP contribution is -2.42. The summed E-state index contributed by atoms with van der Waals surface area (Å²) < 4.78 is 4.90. The van der Waals surface area contributed by atoms with Gasteiger partial charge in [0.25, 0.3) is 5.78 Å². The van der Waals surface area contributed by atoms with Crippen molar-refractivity contribution in [1.82, 2.24) is 0 Å². The smallest absolute Gasteiger partial charge is 0.376 e. The van der Waals surface area contributed by atoms with E-state index in [0.717, 1.165) is 0 Å². The standard InChI is InChI=1S/C10H19NO3/c1-6(2)7(11)8(12)9(13)14-10(3,4)5/h6-7H,11H2,1-5H3. The Hall–Kier alpha value is -0.900. The summed E-state index contributed by atoms with van der Waals surface area (Å²) in [5.74, 6) is -1.57. The topological polar surface area (TPSA) is 69.4 Å². The molecule has 4 heteroatoms. The van der Waals surface area contributed by atoms with Gasteiger partial charge in [0, 0.05) is 0 Å². The fourth-order valence-electron chi connectivity index (χ4n) is 0.767. The number of hydrogen-bond donors (Lipinski definition) is 1. The molecule has 0 aromatic rings. The molecular weight excluding hydrogens is 182 g/mol. The van der Waals surface area contributed by atoms with E-state index in [4.69, 9.17) is 10.5 Å². The van der Waals surface area contributed by atoms with Crippen LogP contribution in [0.4, 0.5) is 0 Å². The van der Waals surface area contributed by atoms with E-state index in [0.29, 0.717) is 0 Å². The van der Waals surface area contributed by atoms with Crippen molar-refractivity contribution in [2.45, 2.75) is 46.3 Å². The summed E-state index contributed by atoms with van der Waals surface area (Å²) in [4.78, 5) is 22.6. The van der Waals surface area contributed by atoms with Crippen LogP contribution in [0.3, 0.4) is 0 Å². The summed E-state index contributed by atoms with van der Waals surface area (Å²) in [7, 11) is 0. The van der Waals surface area contributed by atoms with Gasteiger partial charge in [-0.05, 0) is 26.7 Å². The van der Waals surface area contributed by atoms with E-state index in [1.807, 2.05) is 0 Å². The molecule has 2 N–H and O–H groups in total. The van der Waals surface area contributed by atoms with Crippen molar-refractivity contribution in [3.05, 3.63) is 0 Å². The summed E-state index contributed by atoms with van der Waals surface area (Å²) in [6, 6.07) is -0.773. The van der Waals surface area contributed by atoms with Crippen LogP contribution in [0.25, 0.3) is 0 Å². The summed E-state index contributed by atoms with van der Waals surface area (Å²) in [6.07, 6.45) is 0. The molecule has 0 spiro atoms. The molecule has 0 rings (SSSR count). The second kappa shape index (κ2) is 4.55. The number of ether oxygens (including phenoxy) is 1. The molecule has 0 aromatic heterocycles. The van der Waals surface area contributed by atoms with Crippen molar-refractivity contribution >= 4 is 11.8 Å². The van der Waals surface area contributed by atoms with Crippen LogP contribution in [-0.4, -0.2) is 23.4 Å². The largest absolute Gasteiger partial charge is 0.454 e. The molecule has 82 valence electrons. The zero-order chi connectivity index (χ0) is 11.5. The Kier molecular flexibility index (Phi) is 4.26. The zero-order valence-corrected chi connectivity index (χ0v) is 9.46. The number of rotatable bonds is 3. The molecule has 0 aromatic carbocycles. The third-order valence-corrected chi connectivity index (χ3v) is 1.62. The molecule has 14 heavy (non-hydrogen) atoms. The molecule has 0 amide bonds. The normalized spacial score (nSPS) is 13.9. The van der Waals surface area contributed by atoms with Crippen LogP contribution >= 0.6 is 0 Å². The predicted octanol–water partition coefficient (Wildman–Crippen LogP) is 0.880. The third-order valence-electron chi connectivity index (χ3n) is 1.62. The highest BCUT2D eigenvalue weighted by Crippen LogP contribution is 2.09. The molecule has 0 aliphatic carbocycles. The van der Waals surface area contributed by atoms with Crippen molar-refractivity contribution in [1.29, 1.82) is 0 Å². The molecule has 0 radical (unpaired) electrons. The minimum absolute atomic E-state index is 0.0602. The van der Waals surface area contributed by atoms with Crippen LogP contribution in [0.15, 0.2) is 0 Å². The summed E-state index contributed by atoms with van der Waals surface area (Å²) >= 11 is 0. The van der Waals surface area contributed by atoms with Crippen LogP contribution in [0.2, 0.25) is 0 Å². The Morgan fingerprint density at radius 2 is 1.64 bits per heavy atom. The quantitative estimate of drug-likeness (QED) is 0.543. The molecule has 4 nitrogen and oxygen atoms in total. The van der Waals surface area contributed by atoms with E-state index < -0.39 is 23.4 Å². The molecule has 0 aliphatic heterocycles. The van der Waals surface area contributed by atoms with Crippen LogP contribution < -0.4 is 5.73 Å². The first-order chi connectivity index (χ1) is 6.15. The Bertz CT molecular complexity index is 228. The molecule has 0 saturated heterocycles. The first-order valence-corrected chi connectivity index (χ1v) is 4.68. The van der Waals surface area contributed by atoms with Crippen LogP contribution in [0.5, 0.6) is 0 Å². The van der Waals surface area contributed by atoms with Gasteiger partial charge in [-0.15, -0.1) is 0 Å². The van der Waals surface area contributed by atoms with E-state index in [2.05, 4.69) is 0 Å². The number of Topliss-reactive ketones (excluding diaryl/α,β-unsaturated/α-hetero) is 1. The molecule has 0 fully saturated rings. The predicted molar refractivity (Wildman–Crippen MR) is 53.7 cm³/mol. The summed E-state index contributed by atoms with van der Waals surface area (Å²) in [5, 5.41) is 0. The number of carbonyl (C=O) groups is 2. The number of ketones is 1. The SMILES string of the molecule is CC(C)C(N)C(=O)C(=O)OC(C)(C)C. The fraction of sp³-hybridized carbons (Fsp3) is 0.800. The van der Waals surface area contributed by atoms with Gasteiger partial charge < -0.3 is 10.5 Å². The minimum atomic E-state index is -0.848. The minimum Gasteiger partial charge on any atom is -0.454 e. The highest BCUT2D eigenvalue weighted by Gasteiger charge is 2.28. The maximum Gasteiger partial charge on any atom is 0.376 e. The molecule has 0 aliphatic rings. The molecular formula is C10H19NO3. The van der Waals surface area contributed by atoms with E-state index in [1.54, 1.807) is 34.6 Å². The molecule has 0 bridgehead atoms. The maximum atomic E-state index is 11.4. The van der Waals surface area contributed by atoms with Crippen LogP contribution in [0, 0.1) is 5.92 Å². The number of hydrogen-bond acceptors (Lipinski definition) is 4. The van der Waals surface area contributed by atoms with Crippen LogP contribution in [-0.2, 0) is 14.3 Å². The van der Waals surface area contributed by atoms with Gasteiger partial charge in [0.05, 0.1) is 6.04 Å². The van der Waals surface area contributed by atoms with Crippen molar-refractivity contribution in [3.8, 4) is 0 Å². The lowest BCUT2D eigenvalue weighted by atomic mass is 10.0. The van der Waals surface area contributed by atoms with E-state index >= 15 is 0 Å². The Labute approximate surface area is 84.8 Å². The van der Waals surface area contributed by atoms with Crippen molar-refractivity contribution in [2.75, 3.05) is 0 Å². The van der Waals surface area contributed by atoms with E-state index in [9.17, 15) is 9.59 Å². The van der Waals surface area contributed by atoms with Crippen molar-refractivity contribution < 1.29 is 14.3 Å². The van der Waals surface area contributed by atoms with Gasteiger partial charge >= 0.3 is 5.97 Å². The van der Waals surface area contributed by atoms with Gasteiger partial charge in [-0.2, -0.15) is 0 Å². The van der Waals surface area contributed by atoms with Gasteiger partial charge in [0.1, 0.15) is 5.60 Å². The number of esters is 1. The van der Waals surface area contributed by atoms with Crippen molar-refractivity contribution in [3.63, 3.8) is 0 Å². The second-order valence-electron chi connectivity index (χ2n) is 4.64. The third kappa shape index (κ3) is 4.37. The van der Waals surface area contributed by atoms with Gasteiger partial charge in [-0.3, -0.25) is 4.79 Å². The maximum absolute atomic E-state index is 11.4. The first-order valence-electron chi connectivity index (χ1n) is 4.68. The summed E-state index contributed by atoms with van der Waals surface area (Å²) in [5.41, 5.74) is 4.88. The highest BCUT2D eigenvalue weighted by atomic mass is 16.6. The first kappa shape index (κ1) is 13.1. The molecule has 1 atom stereocenters. The molecule has 0 saturated carbocycles.